The van der Waals surface area contributed by atoms with E-state index in [0.29, 0.717) is 17.1 Å². The third-order valence-corrected chi connectivity index (χ3v) is 9.29. The SMILES string of the molecule is COc1cc(C)c(S(=O)(=O)Nc2ccc(S(=O)(=O)N(C)C3CCCCC3)cc2)cc1OC. The molecule has 0 heterocycles. The molecule has 1 aliphatic carbocycles. The first-order valence-corrected chi connectivity index (χ1v) is 13.4. The highest BCUT2D eigenvalue weighted by Crippen LogP contribution is 2.33. The molecule has 0 aromatic heterocycles. The molecule has 0 bridgehead atoms. The summed E-state index contributed by atoms with van der Waals surface area (Å²) in [5, 5.41) is 0. The molecule has 0 atom stereocenters. The minimum Gasteiger partial charge on any atom is -0.493 e. The van der Waals surface area contributed by atoms with Gasteiger partial charge in [0.1, 0.15) is 0 Å². The van der Waals surface area contributed by atoms with Crippen molar-refractivity contribution in [3.8, 4) is 11.5 Å². The number of methoxy groups -OCH3 is 2. The summed E-state index contributed by atoms with van der Waals surface area (Å²) in [6.07, 6.45) is 4.91. The Morgan fingerprint density at radius 1 is 0.906 bits per heavy atom. The van der Waals surface area contributed by atoms with Gasteiger partial charge in [-0.05, 0) is 55.7 Å². The largest absolute Gasteiger partial charge is 0.493 e. The lowest BCUT2D eigenvalue weighted by Crippen LogP contribution is -2.38. The van der Waals surface area contributed by atoms with Gasteiger partial charge in [0.25, 0.3) is 10.0 Å². The van der Waals surface area contributed by atoms with Gasteiger partial charge in [-0.3, -0.25) is 4.72 Å². The van der Waals surface area contributed by atoms with Crippen LogP contribution in [-0.2, 0) is 20.0 Å². The molecule has 2 aromatic carbocycles. The Bertz CT molecular complexity index is 1160. The maximum atomic E-state index is 13.0. The van der Waals surface area contributed by atoms with E-state index in [1.807, 2.05) is 0 Å². The molecule has 176 valence electrons. The van der Waals surface area contributed by atoms with Crippen LogP contribution in [0.3, 0.4) is 0 Å². The second-order valence-electron chi connectivity index (χ2n) is 7.92. The molecule has 0 amide bonds. The Morgan fingerprint density at radius 2 is 1.47 bits per heavy atom. The third kappa shape index (κ3) is 5.02. The van der Waals surface area contributed by atoms with E-state index in [1.54, 1.807) is 20.0 Å². The predicted molar refractivity (Wildman–Crippen MR) is 123 cm³/mol. The van der Waals surface area contributed by atoms with Crippen LogP contribution < -0.4 is 14.2 Å². The lowest BCUT2D eigenvalue weighted by atomic mass is 9.96. The smallest absolute Gasteiger partial charge is 0.262 e. The number of hydrogen-bond acceptors (Lipinski definition) is 6. The molecule has 0 radical (unpaired) electrons. The Hall–Kier alpha value is -2.30. The van der Waals surface area contributed by atoms with E-state index in [1.165, 1.54) is 48.9 Å². The van der Waals surface area contributed by atoms with Crippen molar-refractivity contribution in [3.63, 3.8) is 0 Å². The minimum atomic E-state index is -3.93. The first-order valence-electron chi connectivity index (χ1n) is 10.4. The molecule has 0 saturated heterocycles. The van der Waals surface area contributed by atoms with Crippen LogP contribution in [0.25, 0.3) is 0 Å². The maximum absolute atomic E-state index is 13.0. The van der Waals surface area contributed by atoms with Gasteiger partial charge in [0.05, 0.1) is 24.0 Å². The van der Waals surface area contributed by atoms with Gasteiger partial charge in [-0.2, -0.15) is 4.31 Å². The molecule has 8 nitrogen and oxygen atoms in total. The average molecular weight is 483 g/mol. The first kappa shape index (κ1) is 24.3. The van der Waals surface area contributed by atoms with E-state index in [-0.39, 0.29) is 21.5 Å². The van der Waals surface area contributed by atoms with E-state index >= 15 is 0 Å². The number of hydrogen-bond donors (Lipinski definition) is 1. The van der Waals surface area contributed by atoms with E-state index in [4.69, 9.17) is 9.47 Å². The van der Waals surface area contributed by atoms with Crippen molar-refractivity contribution in [1.82, 2.24) is 4.31 Å². The van der Waals surface area contributed by atoms with Crippen molar-refractivity contribution in [2.24, 2.45) is 0 Å². The molecule has 1 N–H and O–H groups in total. The Balaban J connectivity index is 1.82. The van der Waals surface area contributed by atoms with E-state index in [9.17, 15) is 16.8 Å². The molecule has 32 heavy (non-hydrogen) atoms. The number of aryl methyl sites for hydroxylation is 1. The molecule has 10 heteroatoms. The van der Waals surface area contributed by atoms with Crippen molar-refractivity contribution >= 4 is 25.7 Å². The molecule has 1 saturated carbocycles. The summed E-state index contributed by atoms with van der Waals surface area (Å²) in [5.41, 5.74) is 0.752. The summed E-state index contributed by atoms with van der Waals surface area (Å²) in [6.45, 7) is 1.66. The monoisotopic (exact) mass is 482 g/mol. The molecular formula is C22H30N2O6S2. The molecule has 0 spiro atoms. The number of ether oxygens (including phenoxy) is 2. The molecule has 2 aromatic rings. The summed E-state index contributed by atoms with van der Waals surface area (Å²) in [4.78, 5) is 0.180. The average Bonchev–Trinajstić information content (AvgIpc) is 2.78. The second kappa shape index (κ2) is 9.68. The predicted octanol–water partition coefficient (Wildman–Crippen LogP) is 3.77. The lowest BCUT2D eigenvalue weighted by Gasteiger charge is -2.30. The summed E-state index contributed by atoms with van der Waals surface area (Å²) in [6, 6.07) is 8.74. The first-order chi connectivity index (χ1) is 15.1. The van der Waals surface area contributed by atoms with Crippen molar-refractivity contribution in [3.05, 3.63) is 42.0 Å². The number of sulfonamides is 2. The molecule has 0 aliphatic heterocycles. The Kier molecular flexibility index (Phi) is 7.36. The molecule has 0 unspecified atom stereocenters. The van der Waals surface area contributed by atoms with Gasteiger partial charge in [0.2, 0.25) is 10.0 Å². The van der Waals surface area contributed by atoms with Gasteiger partial charge in [-0.1, -0.05) is 19.3 Å². The fourth-order valence-corrected chi connectivity index (χ4v) is 6.68. The van der Waals surface area contributed by atoms with Crippen LogP contribution in [0.2, 0.25) is 0 Å². The fraction of sp³-hybridized carbons (Fsp3) is 0.455. The van der Waals surface area contributed by atoms with E-state index in [0.717, 1.165) is 32.1 Å². The number of nitrogens with zero attached hydrogens (tertiary/aromatic N) is 1. The normalized spacial score (nSPS) is 15.5. The third-order valence-electron chi connectivity index (χ3n) is 5.84. The Labute approximate surface area is 190 Å². The van der Waals surface area contributed by atoms with Crippen LogP contribution in [0.15, 0.2) is 46.2 Å². The second-order valence-corrected chi connectivity index (χ2v) is 11.6. The highest BCUT2D eigenvalue weighted by molar-refractivity contribution is 7.92. The lowest BCUT2D eigenvalue weighted by molar-refractivity contribution is 0.286. The fourth-order valence-electron chi connectivity index (χ4n) is 3.96. The number of rotatable bonds is 8. The van der Waals surface area contributed by atoms with Gasteiger partial charge in [-0.15, -0.1) is 0 Å². The topological polar surface area (TPSA) is 102 Å². The van der Waals surface area contributed by atoms with Crippen LogP contribution in [0.1, 0.15) is 37.7 Å². The van der Waals surface area contributed by atoms with Crippen LogP contribution in [0.4, 0.5) is 5.69 Å². The van der Waals surface area contributed by atoms with Gasteiger partial charge in [-0.25, -0.2) is 16.8 Å². The van der Waals surface area contributed by atoms with Crippen LogP contribution >= 0.6 is 0 Å². The zero-order chi connectivity index (χ0) is 23.5. The molecular weight excluding hydrogens is 452 g/mol. The molecule has 1 aliphatic rings. The number of benzene rings is 2. The number of anilines is 1. The van der Waals surface area contributed by atoms with Crippen molar-refractivity contribution < 1.29 is 26.3 Å². The quantitative estimate of drug-likeness (QED) is 0.615. The maximum Gasteiger partial charge on any atom is 0.262 e. The van der Waals surface area contributed by atoms with Crippen LogP contribution in [0.5, 0.6) is 11.5 Å². The Morgan fingerprint density at radius 3 is 2.03 bits per heavy atom. The summed E-state index contributed by atoms with van der Waals surface area (Å²) >= 11 is 0. The van der Waals surface area contributed by atoms with Crippen LogP contribution in [-0.4, -0.2) is 48.4 Å². The van der Waals surface area contributed by atoms with Gasteiger partial charge >= 0.3 is 0 Å². The zero-order valence-electron chi connectivity index (χ0n) is 18.8. The van der Waals surface area contributed by atoms with E-state index < -0.39 is 20.0 Å². The molecule has 3 rings (SSSR count). The summed E-state index contributed by atoms with van der Waals surface area (Å²) < 4.78 is 66.2. The zero-order valence-corrected chi connectivity index (χ0v) is 20.4. The highest BCUT2D eigenvalue weighted by atomic mass is 32.2. The minimum absolute atomic E-state index is 0.0000399. The number of nitrogens with one attached hydrogen (secondary N) is 1. The van der Waals surface area contributed by atoms with E-state index in [2.05, 4.69) is 4.72 Å². The van der Waals surface area contributed by atoms with Crippen molar-refractivity contribution in [1.29, 1.82) is 0 Å². The summed E-state index contributed by atoms with van der Waals surface area (Å²) in [5.74, 6) is 0.728. The van der Waals surface area contributed by atoms with Gasteiger partial charge in [0.15, 0.2) is 11.5 Å². The van der Waals surface area contributed by atoms with Crippen LogP contribution in [0, 0.1) is 6.92 Å². The van der Waals surface area contributed by atoms with Crippen molar-refractivity contribution in [2.45, 2.75) is 54.9 Å². The van der Waals surface area contributed by atoms with Gasteiger partial charge < -0.3 is 9.47 Å². The van der Waals surface area contributed by atoms with Gasteiger partial charge in [0, 0.05) is 24.8 Å². The summed E-state index contributed by atoms with van der Waals surface area (Å²) in [7, 11) is -3.06. The molecule has 1 fully saturated rings. The highest BCUT2D eigenvalue weighted by Gasteiger charge is 2.29. The standard InChI is InChI=1S/C22H30N2O6S2/c1-16-14-20(29-3)21(30-4)15-22(16)31(25,26)23-17-10-12-19(13-11-17)32(27,28)24(2)18-8-6-5-7-9-18/h10-15,18,23H,5-9H2,1-4H3. The van der Waals surface area contributed by atoms with Crippen molar-refractivity contribution in [2.75, 3.05) is 26.0 Å².